The number of halogens is 2. The lowest BCUT2D eigenvalue weighted by Gasteiger charge is -2.21. The molecule has 0 saturated heterocycles. The number of carbonyl (C=O) groups is 2. The van der Waals surface area contributed by atoms with Crippen LogP contribution in [-0.4, -0.2) is 28.8 Å². The summed E-state index contributed by atoms with van der Waals surface area (Å²) in [4.78, 5) is 22.8. The van der Waals surface area contributed by atoms with E-state index in [9.17, 15) is 9.59 Å². The van der Waals surface area contributed by atoms with Crippen LogP contribution in [0.2, 0.25) is 0 Å². The lowest BCUT2D eigenvalue weighted by atomic mass is 10.1. The molecular weight excluding hydrogens is 398 g/mol. The molecule has 0 radical (unpaired) electrons. The van der Waals surface area contributed by atoms with Crippen LogP contribution >= 0.6 is 31.9 Å². The predicted molar refractivity (Wildman–Crippen MR) is 78.6 cm³/mol. The Kier molecular flexibility index (Phi) is 5.64. The van der Waals surface area contributed by atoms with Crippen LogP contribution < -0.4 is 5.32 Å². The summed E-state index contributed by atoms with van der Waals surface area (Å²) in [7, 11) is 0. The van der Waals surface area contributed by atoms with Crippen LogP contribution in [0, 0.1) is 0 Å². The van der Waals surface area contributed by atoms with E-state index in [2.05, 4.69) is 37.2 Å². The van der Waals surface area contributed by atoms with Crippen molar-refractivity contribution in [3.05, 3.63) is 21.0 Å². The van der Waals surface area contributed by atoms with Crippen molar-refractivity contribution in [3.8, 4) is 0 Å². The van der Waals surface area contributed by atoms with Gasteiger partial charge in [-0.1, -0.05) is 0 Å². The Morgan fingerprint density at radius 2 is 2.05 bits per heavy atom. The fraction of sp³-hybridized carbons (Fsp3) is 0.500. The summed E-state index contributed by atoms with van der Waals surface area (Å²) < 4.78 is 11.5. The van der Waals surface area contributed by atoms with Gasteiger partial charge in [0.05, 0.1) is 4.47 Å². The first-order valence-electron chi connectivity index (χ1n) is 5.74. The third-order valence-electron chi connectivity index (χ3n) is 2.09. The van der Waals surface area contributed by atoms with Crippen molar-refractivity contribution in [2.45, 2.75) is 38.8 Å². The molecule has 1 amide bonds. The highest BCUT2D eigenvalue weighted by Crippen LogP contribution is 2.27. The lowest BCUT2D eigenvalue weighted by molar-refractivity contribution is -0.139. The Labute approximate surface area is 133 Å². The van der Waals surface area contributed by atoms with Crippen molar-refractivity contribution in [2.75, 3.05) is 0 Å². The van der Waals surface area contributed by atoms with Gasteiger partial charge in [0, 0.05) is 6.42 Å². The maximum atomic E-state index is 11.6. The molecule has 2 N–H and O–H groups in total. The molecule has 0 aliphatic rings. The van der Waals surface area contributed by atoms with Crippen molar-refractivity contribution in [3.63, 3.8) is 0 Å². The molecule has 0 aliphatic heterocycles. The molecule has 1 atom stereocenters. The Balaban J connectivity index is 2.70. The maximum absolute atomic E-state index is 11.6. The average Bonchev–Trinajstić information content (AvgIpc) is 2.54. The summed E-state index contributed by atoms with van der Waals surface area (Å²) in [5, 5.41) is 11.4. The zero-order chi connectivity index (χ0) is 15.5. The number of nitrogens with one attached hydrogen (secondary N) is 1. The van der Waals surface area contributed by atoms with Gasteiger partial charge < -0.3 is 19.6 Å². The van der Waals surface area contributed by atoms with Gasteiger partial charge in [0.1, 0.15) is 17.4 Å². The number of amides is 1. The first kappa shape index (κ1) is 17.0. The van der Waals surface area contributed by atoms with Crippen molar-refractivity contribution in [2.24, 2.45) is 0 Å². The van der Waals surface area contributed by atoms with Gasteiger partial charge in [-0.15, -0.1) is 0 Å². The number of hydrogen-bond acceptors (Lipinski definition) is 4. The zero-order valence-electron chi connectivity index (χ0n) is 11.2. The number of alkyl carbamates (subject to hydrolysis) is 1. The molecule has 1 aromatic rings. The van der Waals surface area contributed by atoms with Crippen molar-refractivity contribution in [1.29, 1.82) is 0 Å². The number of furan rings is 1. The molecule has 20 heavy (non-hydrogen) atoms. The topological polar surface area (TPSA) is 88.8 Å². The fourth-order valence-corrected chi connectivity index (χ4v) is 2.00. The molecule has 1 aromatic heterocycles. The monoisotopic (exact) mass is 411 g/mol. The molecule has 0 bridgehead atoms. The van der Waals surface area contributed by atoms with Crippen LogP contribution in [0.5, 0.6) is 0 Å². The Morgan fingerprint density at radius 3 is 2.45 bits per heavy atom. The van der Waals surface area contributed by atoms with E-state index in [0.717, 1.165) is 0 Å². The van der Waals surface area contributed by atoms with E-state index in [1.807, 2.05) is 0 Å². The normalized spacial score (nSPS) is 12.8. The van der Waals surface area contributed by atoms with Crippen LogP contribution in [-0.2, 0) is 16.0 Å². The summed E-state index contributed by atoms with van der Waals surface area (Å²) in [5.74, 6) is -0.744. The van der Waals surface area contributed by atoms with Gasteiger partial charge in [-0.05, 0) is 58.7 Å². The molecule has 0 aromatic carbocycles. The second-order valence-corrected chi connectivity index (χ2v) is 6.65. The molecule has 112 valence electrons. The van der Waals surface area contributed by atoms with Crippen LogP contribution in [0.15, 0.2) is 19.6 Å². The highest BCUT2D eigenvalue weighted by Gasteiger charge is 2.25. The summed E-state index contributed by atoms with van der Waals surface area (Å²) in [5.41, 5.74) is -0.691. The van der Waals surface area contributed by atoms with E-state index in [0.29, 0.717) is 14.9 Å². The molecule has 1 heterocycles. The van der Waals surface area contributed by atoms with Gasteiger partial charge in [-0.25, -0.2) is 9.59 Å². The molecule has 0 spiro atoms. The summed E-state index contributed by atoms with van der Waals surface area (Å²) in [6, 6.07) is 0.506. The summed E-state index contributed by atoms with van der Waals surface area (Å²) in [6.07, 6.45) is -0.770. The molecule has 1 rings (SSSR count). The lowest BCUT2D eigenvalue weighted by Crippen LogP contribution is -2.44. The number of aliphatic carboxylic acids is 1. The van der Waals surface area contributed by atoms with Crippen molar-refractivity contribution < 1.29 is 23.8 Å². The van der Waals surface area contributed by atoms with E-state index < -0.39 is 23.7 Å². The smallest absolute Gasteiger partial charge is 0.408 e. The van der Waals surface area contributed by atoms with Gasteiger partial charge in [-0.2, -0.15) is 0 Å². The summed E-state index contributed by atoms with van der Waals surface area (Å²) >= 11 is 6.39. The van der Waals surface area contributed by atoms with Crippen LogP contribution in [0.25, 0.3) is 0 Å². The summed E-state index contributed by atoms with van der Waals surface area (Å²) in [6.45, 7) is 5.09. The largest absolute Gasteiger partial charge is 0.480 e. The molecule has 6 nitrogen and oxygen atoms in total. The number of carboxylic acid groups (broad SMARTS) is 1. The van der Waals surface area contributed by atoms with Crippen LogP contribution in [0.4, 0.5) is 4.79 Å². The molecule has 8 heteroatoms. The number of carbonyl (C=O) groups excluding carboxylic acids is 1. The standard InChI is InChI=1S/C12H15Br2NO5/c1-12(2,3)20-11(18)15-8(10(16)17)5-6-4-7(13)9(14)19-6/h4,8H,5H2,1-3H3,(H,15,18)(H,16,17). The molecule has 0 saturated carbocycles. The average molecular weight is 413 g/mol. The third kappa shape index (κ3) is 5.54. The fourth-order valence-electron chi connectivity index (χ4n) is 1.34. The minimum Gasteiger partial charge on any atom is -0.480 e. The third-order valence-corrected chi connectivity index (χ3v) is 3.80. The first-order valence-corrected chi connectivity index (χ1v) is 7.33. The van der Waals surface area contributed by atoms with Crippen LogP contribution in [0.1, 0.15) is 26.5 Å². The van der Waals surface area contributed by atoms with E-state index >= 15 is 0 Å². The first-order chi connectivity index (χ1) is 9.08. The SMILES string of the molecule is CC(C)(C)OC(=O)NC(Cc1cc(Br)c(Br)o1)C(=O)O. The number of rotatable bonds is 4. The quantitative estimate of drug-likeness (QED) is 0.791. The van der Waals surface area contributed by atoms with Gasteiger partial charge in [0.2, 0.25) is 0 Å². The Morgan fingerprint density at radius 1 is 1.45 bits per heavy atom. The minimum atomic E-state index is -1.17. The van der Waals surface area contributed by atoms with E-state index in [-0.39, 0.29) is 6.42 Å². The van der Waals surface area contributed by atoms with Gasteiger partial charge in [-0.3, -0.25) is 0 Å². The number of carboxylic acids is 1. The maximum Gasteiger partial charge on any atom is 0.408 e. The Hall–Kier alpha value is -1.02. The molecule has 0 fully saturated rings. The molecule has 0 aliphatic carbocycles. The van der Waals surface area contributed by atoms with Gasteiger partial charge in [0.15, 0.2) is 4.67 Å². The second-order valence-electron chi connectivity index (χ2n) is 5.08. The zero-order valence-corrected chi connectivity index (χ0v) is 14.4. The highest BCUT2D eigenvalue weighted by atomic mass is 79.9. The van der Waals surface area contributed by atoms with Crippen LogP contribution in [0.3, 0.4) is 0 Å². The number of ether oxygens (including phenoxy) is 1. The Bertz CT molecular complexity index is 487. The molecular formula is C12H15Br2NO5. The van der Waals surface area contributed by atoms with E-state index in [1.165, 1.54) is 0 Å². The molecule has 1 unspecified atom stereocenters. The van der Waals surface area contributed by atoms with E-state index in [1.54, 1.807) is 26.8 Å². The van der Waals surface area contributed by atoms with Crippen molar-refractivity contribution >= 4 is 43.9 Å². The second kappa shape index (κ2) is 6.62. The number of hydrogen-bond donors (Lipinski definition) is 2. The van der Waals surface area contributed by atoms with E-state index in [4.69, 9.17) is 14.3 Å². The van der Waals surface area contributed by atoms with Gasteiger partial charge in [0.25, 0.3) is 0 Å². The predicted octanol–water partition coefficient (Wildman–Crippen LogP) is 3.33. The minimum absolute atomic E-state index is 0.0127. The van der Waals surface area contributed by atoms with Gasteiger partial charge >= 0.3 is 12.1 Å². The highest BCUT2D eigenvalue weighted by molar-refractivity contribution is 9.13. The van der Waals surface area contributed by atoms with Crippen molar-refractivity contribution in [1.82, 2.24) is 5.32 Å².